The maximum atomic E-state index is 6.02. The van der Waals surface area contributed by atoms with Crippen LogP contribution in [0.15, 0.2) is 24.4 Å². The van der Waals surface area contributed by atoms with Gasteiger partial charge in [-0.05, 0) is 38.0 Å². The van der Waals surface area contributed by atoms with Crippen LogP contribution in [0.4, 0.5) is 0 Å². The van der Waals surface area contributed by atoms with Gasteiger partial charge in [0.1, 0.15) is 17.1 Å². The zero-order valence-electron chi connectivity index (χ0n) is 13.0. The number of ether oxygens (including phenoxy) is 2. The van der Waals surface area contributed by atoms with Gasteiger partial charge in [0.25, 0.3) is 0 Å². The molecule has 1 N–H and O–H groups in total. The van der Waals surface area contributed by atoms with Crippen LogP contribution in [-0.2, 0) is 11.3 Å². The van der Waals surface area contributed by atoms with Crippen molar-refractivity contribution in [1.29, 1.82) is 0 Å². The molecule has 1 aliphatic heterocycles. The first-order valence-corrected chi connectivity index (χ1v) is 7.92. The maximum absolute atomic E-state index is 6.02. The molecular formula is C16H19N5O2. The van der Waals surface area contributed by atoms with E-state index in [0.717, 1.165) is 47.5 Å². The third-order valence-electron chi connectivity index (χ3n) is 3.99. The minimum absolute atomic E-state index is 0.149. The maximum Gasteiger partial charge on any atom is 0.133 e. The topological polar surface area (TPSA) is 77.9 Å². The highest BCUT2D eigenvalue weighted by Gasteiger charge is 2.14. The molecule has 23 heavy (non-hydrogen) atoms. The van der Waals surface area contributed by atoms with E-state index in [-0.39, 0.29) is 6.10 Å². The molecule has 1 atom stereocenters. The Balaban J connectivity index is 1.76. The molecule has 7 heteroatoms. The van der Waals surface area contributed by atoms with Gasteiger partial charge in [-0.1, -0.05) is 0 Å². The Morgan fingerprint density at radius 1 is 1.30 bits per heavy atom. The molecular weight excluding hydrogens is 294 g/mol. The Morgan fingerprint density at radius 3 is 3.22 bits per heavy atom. The minimum Gasteiger partial charge on any atom is -0.491 e. The summed E-state index contributed by atoms with van der Waals surface area (Å²) in [6.07, 6.45) is 3.81. The van der Waals surface area contributed by atoms with Crippen molar-refractivity contribution in [1.82, 2.24) is 25.2 Å². The van der Waals surface area contributed by atoms with Crippen molar-refractivity contribution in [2.45, 2.75) is 32.4 Å². The van der Waals surface area contributed by atoms with Gasteiger partial charge >= 0.3 is 0 Å². The predicted molar refractivity (Wildman–Crippen MR) is 85.3 cm³/mol. The molecule has 4 rings (SSSR count). The summed E-state index contributed by atoms with van der Waals surface area (Å²) < 4.78 is 11.7. The first-order chi connectivity index (χ1) is 11.3. The Bertz CT molecular complexity index is 810. The second-order valence-corrected chi connectivity index (χ2v) is 5.79. The van der Waals surface area contributed by atoms with Crippen LogP contribution in [0.3, 0.4) is 0 Å². The van der Waals surface area contributed by atoms with Gasteiger partial charge in [-0.2, -0.15) is 20.1 Å². The van der Waals surface area contributed by atoms with Gasteiger partial charge in [0.05, 0.1) is 31.0 Å². The molecule has 1 aromatic carbocycles. The molecule has 3 aromatic rings. The van der Waals surface area contributed by atoms with Crippen LogP contribution in [0.2, 0.25) is 0 Å². The van der Waals surface area contributed by atoms with Crippen LogP contribution in [0.25, 0.3) is 22.3 Å². The zero-order valence-corrected chi connectivity index (χ0v) is 13.0. The lowest BCUT2D eigenvalue weighted by molar-refractivity contribution is 0.106. The molecule has 0 spiro atoms. The van der Waals surface area contributed by atoms with Crippen LogP contribution in [0.5, 0.6) is 5.75 Å². The predicted octanol–water partition coefficient (Wildman–Crippen LogP) is 2.40. The van der Waals surface area contributed by atoms with E-state index in [1.54, 1.807) is 11.0 Å². The molecule has 4 bridgehead atoms. The van der Waals surface area contributed by atoms with Crippen LogP contribution >= 0.6 is 0 Å². The number of aromatic nitrogens is 5. The van der Waals surface area contributed by atoms with Crippen molar-refractivity contribution in [2.75, 3.05) is 13.2 Å². The molecule has 2 aromatic heterocycles. The molecule has 0 unspecified atom stereocenters. The molecule has 0 saturated carbocycles. The SMILES string of the molecule is C[C@@H]1CCCOCCn2ncc(n2)-c2n[nH]c3ccc(cc23)O1. The number of hydrogen-bond acceptors (Lipinski definition) is 5. The molecule has 120 valence electrons. The fourth-order valence-electron chi connectivity index (χ4n) is 2.79. The number of aromatic amines is 1. The monoisotopic (exact) mass is 313 g/mol. The number of fused-ring (bicyclic) bond motifs is 4. The Labute approximate surface area is 133 Å². The second kappa shape index (κ2) is 6.00. The van der Waals surface area contributed by atoms with Crippen molar-refractivity contribution in [3.63, 3.8) is 0 Å². The Hall–Kier alpha value is -2.41. The van der Waals surface area contributed by atoms with E-state index in [9.17, 15) is 0 Å². The highest BCUT2D eigenvalue weighted by molar-refractivity contribution is 5.92. The molecule has 3 heterocycles. The molecule has 7 nitrogen and oxygen atoms in total. The van der Waals surface area contributed by atoms with Crippen molar-refractivity contribution in [2.24, 2.45) is 0 Å². The molecule has 1 aliphatic rings. The summed E-state index contributed by atoms with van der Waals surface area (Å²) in [7, 11) is 0. The molecule has 0 aliphatic carbocycles. The fraction of sp³-hybridized carbons (Fsp3) is 0.438. The van der Waals surface area contributed by atoms with Crippen LogP contribution in [0, 0.1) is 0 Å². The van der Waals surface area contributed by atoms with Crippen LogP contribution < -0.4 is 4.74 Å². The average molecular weight is 313 g/mol. The molecule has 0 amide bonds. The summed E-state index contributed by atoms with van der Waals surface area (Å²) in [5.74, 6) is 0.843. The normalized spacial score (nSPS) is 19.3. The third kappa shape index (κ3) is 2.92. The molecule has 0 saturated heterocycles. The Morgan fingerprint density at radius 2 is 2.26 bits per heavy atom. The quantitative estimate of drug-likeness (QED) is 0.689. The summed E-state index contributed by atoms with van der Waals surface area (Å²) in [5.41, 5.74) is 2.50. The van der Waals surface area contributed by atoms with E-state index >= 15 is 0 Å². The van der Waals surface area contributed by atoms with Crippen molar-refractivity contribution >= 4 is 10.9 Å². The average Bonchev–Trinajstić information content (AvgIpc) is 3.16. The second-order valence-electron chi connectivity index (χ2n) is 5.79. The fourth-order valence-corrected chi connectivity index (χ4v) is 2.79. The van der Waals surface area contributed by atoms with Gasteiger partial charge in [-0.3, -0.25) is 5.10 Å². The van der Waals surface area contributed by atoms with Crippen molar-refractivity contribution in [3.05, 3.63) is 24.4 Å². The highest BCUT2D eigenvalue weighted by atomic mass is 16.5. The number of nitrogens with one attached hydrogen (secondary N) is 1. The first kappa shape index (κ1) is 14.2. The number of rotatable bonds is 0. The van der Waals surface area contributed by atoms with E-state index in [2.05, 4.69) is 27.3 Å². The number of hydrogen-bond donors (Lipinski definition) is 1. The summed E-state index contributed by atoms with van der Waals surface area (Å²) in [6.45, 7) is 4.05. The zero-order chi connectivity index (χ0) is 15.6. The van der Waals surface area contributed by atoms with Gasteiger partial charge in [0.15, 0.2) is 0 Å². The number of H-pyrrole nitrogens is 1. The molecule has 0 fully saturated rings. The number of nitrogens with zero attached hydrogens (tertiary/aromatic N) is 4. The first-order valence-electron chi connectivity index (χ1n) is 7.92. The van der Waals surface area contributed by atoms with Crippen LogP contribution in [-0.4, -0.2) is 44.5 Å². The van der Waals surface area contributed by atoms with Crippen LogP contribution in [0.1, 0.15) is 19.8 Å². The van der Waals surface area contributed by atoms with E-state index in [4.69, 9.17) is 9.47 Å². The van der Waals surface area contributed by atoms with E-state index in [1.807, 2.05) is 18.2 Å². The van der Waals surface area contributed by atoms with Crippen molar-refractivity contribution in [3.8, 4) is 17.1 Å². The van der Waals surface area contributed by atoms with E-state index in [1.165, 1.54) is 0 Å². The van der Waals surface area contributed by atoms with E-state index in [0.29, 0.717) is 13.2 Å². The lowest BCUT2D eigenvalue weighted by Gasteiger charge is -2.14. The van der Waals surface area contributed by atoms with Gasteiger partial charge in [-0.15, -0.1) is 0 Å². The smallest absolute Gasteiger partial charge is 0.133 e. The van der Waals surface area contributed by atoms with Gasteiger partial charge < -0.3 is 9.47 Å². The number of benzene rings is 1. The summed E-state index contributed by atoms with van der Waals surface area (Å²) in [4.78, 5) is 1.65. The third-order valence-corrected chi connectivity index (χ3v) is 3.99. The van der Waals surface area contributed by atoms with Crippen molar-refractivity contribution < 1.29 is 9.47 Å². The largest absolute Gasteiger partial charge is 0.491 e. The lowest BCUT2D eigenvalue weighted by Crippen LogP contribution is -2.14. The standard InChI is InChI=1S/C16H19N5O2/c1-11-3-2-7-22-8-6-21-17-10-15(20-21)16-13-9-12(23-11)4-5-14(13)18-19-16/h4-5,9-11H,2-3,6-8H2,1H3,(H,18,19)/t11-/m1/s1. The summed E-state index contributed by atoms with van der Waals surface area (Å²) in [5, 5.41) is 17.2. The lowest BCUT2D eigenvalue weighted by atomic mass is 10.1. The van der Waals surface area contributed by atoms with Gasteiger partial charge in [-0.25, -0.2) is 0 Å². The summed E-state index contributed by atoms with van der Waals surface area (Å²) in [6, 6.07) is 5.96. The van der Waals surface area contributed by atoms with E-state index < -0.39 is 0 Å². The van der Waals surface area contributed by atoms with Gasteiger partial charge in [0, 0.05) is 12.0 Å². The van der Waals surface area contributed by atoms with Gasteiger partial charge in [0.2, 0.25) is 0 Å². The summed E-state index contributed by atoms with van der Waals surface area (Å²) >= 11 is 0. The minimum atomic E-state index is 0.149. The molecule has 0 radical (unpaired) electrons. The highest BCUT2D eigenvalue weighted by Crippen LogP contribution is 2.28. The Kier molecular flexibility index (Phi) is 3.70.